The fraction of sp³-hybridized carbons (Fsp3) is 0.133. The first-order valence-corrected chi connectivity index (χ1v) is 6.69. The average Bonchev–Trinajstić information content (AvgIpc) is 2.41. The molecule has 0 N–H and O–H groups in total. The summed E-state index contributed by atoms with van der Waals surface area (Å²) in [6.07, 6.45) is 0.417. The van der Waals surface area contributed by atoms with Crippen LogP contribution in [0.4, 0.5) is 0 Å². The van der Waals surface area contributed by atoms with E-state index in [0.29, 0.717) is 13.0 Å². The van der Waals surface area contributed by atoms with Gasteiger partial charge in [-0.1, -0.05) is 30.3 Å². The summed E-state index contributed by atoms with van der Waals surface area (Å²) in [6.45, 7) is 0.549. The molecule has 0 atom stereocenters. The molecule has 3 heteroatoms. The van der Waals surface area contributed by atoms with Crippen LogP contribution in [-0.4, -0.2) is 0 Å². The normalized spacial score (nSPS) is 9.78. The fourth-order valence-electron chi connectivity index (χ4n) is 1.60. The van der Waals surface area contributed by atoms with Crippen LogP contribution >= 0.6 is 22.6 Å². The van der Waals surface area contributed by atoms with Crippen LogP contribution in [-0.2, 0) is 13.0 Å². The minimum atomic E-state index is 0.417. The number of rotatable bonds is 4. The van der Waals surface area contributed by atoms with E-state index in [-0.39, 0.29) is 0 Å². The molecule has 0 radical (unpaired) electrons. The Morgan fingerprint density at radius 3 is 2.61 bits per heavy atom. The van der Waals surface area contributed by atoms with Gasteiger partial charge in [0, 0.05) is 3.57 Å². The summed E-state index contributed by atoms with van der Waals surface area (Å²) in [6, 6.07) is 18.1. The van der Waals surface area contributed by atoms with E-state index in [4.69, 9.17) is 10.00 Å². The number of ether oxygens (including phenoxy) is 1. The van der Waals surface area contributed by atoms with E-state index >= 15 is 0 Å². The molecule has 90 valence electrons. The second-order valence-corrected chi connectivity index (χ2v) is 5.02. The summed E-state index contributed by atoms with van der Waals surface area (Å²) >= 11 is 2.23. The molecule has 2 aromatic carbocycles. The van der Waals surface area contributed by atoms with Gasteiger partial charge >= 0.3 is 0 Å². The molecule has 0 aliphatic heterocycles. The lowest BCUT2D eigenvalue weighted by atomic mass is 10.1. The van der Waals surface area contributed by atoms with Gasteiger partial charge in [0.15, 0.2) is 0 Å². The number of nitrogens with zero attached hydrogens (tertiary/aromatic N) is 1. The summed E-state index contributed by atoms with van der Waals surface area (Å²) < 4.78 is 6.82. The first-order chi connectivity index (χ1) is 8.79. The smallest absolute Gasteiger partial charge is 0.120 e. The number of benzene rings is 2. The zero-order valence-electron chi connectivity index (χ0n) is 9.77. The zero-order chi connectivity index (χ0) is 12.8. The summed E-state index contributed by atoms with van der Waals surface area (Å²) in [5.74, 6) is 0.810. The number of nitriles is 1. The molecule has 0 fully saturated rings. The van der Waals surface area contributed by atoms with Crippen molar-refractivity contribution in [1.82, 2.24) is 0 Å². The highest BCUT2D eigenvalue weighted by molar-refractivity contribution is 14.1. The SMILES string of the molecule is N#CCc1cc(OCc2ccccc2)ccc1I. The maximum absolute atomic E-state index is 8.75. The van der Waals surface area contributed by atoms with Gasteiger partial charge in [-0.2, -0.15) is 5.26 Å². The highest BCUT2D eigenvalue weighted by Gasteiger charge is 2.02. The molecule has 0 saturated heterocycles. The molecular weight excluding hydrogens is 337 g/mol. The van der Waals surface area contributed by atoms with Crippen molar-refractivity contribution in [2.75, 3.05) is 0 Å². The molecule has 0 heterocycles. The van der Waals surface area contributed by atoms with Crippen molar-refractivity contribution in [3.8, 4) is 11.8 Å². The Kier molecular flexibility index (Phi) is 4.59. The molecule has 0 aliphatic carbocycles. The van der Waals surface area contributed by atoms with Crippen molar-refractivity contribution < 1.29 is 4.74 Å². The number of hydrogen-bond acceptors (Lipinski definition) is 2. The average molecular weight is 349 g/mol. The third kappa shape index (κ3) is 3.47. The van der Waals surface area contributed by atoms with Crippen LogP contribution in [0.5, 0.6) is 5.75 Å². The molecule has 0 aliphatic rings. The predicted molar refractivity (Wildman–Crippen MR) is 79.3 cm³/mol. The molecular formula is C15H12INO. The summed E-state index contributed by atoms with van der Waals surface area (Å²) in [4.78, 5) is 0. The van der Waals surface area contributed by atoms with Gasteiger partial charge in [-0.15, -0.1) is 0 Å². The Balaban J connectivity index is 2.06. The molecule has 0 saturated carbocycles. The molecule has 0 bridgehead atoms. The van der Waals surface area contributed by atoms with Gasteiger partial charge in [-0.3, -0.25) is 0 Å². The van der Waals surface area contributed by atoms with E-state index in [0.717, 1.165) is 20.4 Å². The minimum absolute atomic E-state index is 0.417. The molecule has 0 unspecified atom stereocenters. The Bertz CT molecular complexity index is 560. The maximum Gasteiger partial charge on any atom is 0.120 e. The van der Waals surface area contributed by atoms with Crippen LogP contribution in [0.2, 0.25) is 0 Å². The standard InChI is InChI=1S/C15H12INO/c16-15-7-6-14(10-13(15)8-9-17)18-11-12-4-2-1-3-5-12/h1-7,10H,8,11H2. The molecule has 2 rings (SSSR count). The van der Waals surface area contributed by atoms with Crippen molar-refractivity contribution >= 4 is 22.6 Å². The van der Waals surface area contributed by atoms with Gasteiger partial charge in [-0.05, 0) is 51.9 Å². The van der Waals surface area contributed by atoms with Gasteiger partial charge in [0.2, 0.25) is 0 Å². The third-order valence-electron chi connectivity index (χ3n) is 2.54. The van der Waals surface area contributed by atoms with Gasteiger partial charge in [0.05, 0.1) is 12.5 Å². The quantitative estimate of drug-likeness (QED) is 0.784. The molecule has 2 nitrogen and oxygen atoms in total. The van der Waals surface area contributed by atoms with Crippen LogP contribution in [0.25, 0.3) is 0 Å². The Morgan fingerprint density at radius 1 is 1.11 bits per heavy atom. The van der Waals surface area contributed by atoms with Crippen molar-refractivity contribution in [3.05, 3.63) is 63.2 Å². The third-order valence-corrected chi connectivity index (χ3v) is 3.59. The fourth-order valence-corrected chi connectivity index (χ4v) is 2.13. The van der Waals surface area contributed by atoms with Crippen LogP contribution in [0.15, 0.2) is 48.5 Å². The molecule has 0 aromatic heterocycles. The van der Waals surface area contributed by atoms with E-state index in [9.17, 15) is 0 Å². The lowest BCUT2D eigenvalue weighted by molar-refractivity contribution is 0.306. The van der Waals surface area contributed by atoms with Crippen molar-refractivity contribution in [3.63, 3.8) is 0 Å². The van der Waals surface area contributed by atoms with Crippen LogP contribution < -0.4 is 4.74 Å². The van der Waals surface area contributed by atoms with Crippen molar-refractivity contribution in [2.24, 2.45) is 0 Å². The van der Waals surface area contributed by atoms with E-state index in [2.05, 4.69) is 28.7 Å². The molecule has 2 aromatic rings. The first-order valence-electron chi connectivity index (χ1n) is 5.61. The van der Waals surface area contributed by atoms with E-state index in [1.165, 1.54) is 0 Å². The van der Waals surface area contributed by atoms with E-state index < -0.39 is 0 Å². The van der Waals surface area contributed by atoms with Crippen molar-refractivity contribution in [1.29, 1.82) is 5.26 Å². The summed E-state index contributed by atoms with van der Waals surface area (Å²) in [7, 11) is 0. The van der Waals surface area contributed by atoms with Gasteiger partial charge < -0.3 is 4.74 Å². The zero-order valence-corrected chi connectivity index (χ0v) is 11.9. The molecule has 18 heavy (non-hydrogen) atoms. The highest BCUT2D eigenvalue weighted by Crippen LogP contribution is 2.20. The largest absolute Gasteiger partial charge is 0.489 e. The minimum Gasteiger partial charge on any atom is -0.489 e. The number of halogens is 1. The van der Waals surface area contributed by atoms with Gasteiger partial charge in [-0.25, -0.2) is 0 Å². The second-order valence-electron chi connectivity index (χ2n) is 3.86. The van der Waals surface area contributed by atoms with Gasteiger partial charge in [0.1, 0.15) is 12.4 Å². The topological polar surface area (TPSA) is 33.0 Å². The first kappa shape index (κ1) is 12.9. The lowest BCUT2D eigenvalue weighted by Crippen LogP contribution is -1.96. The second kappa shape index (κ2) is 6.41. The Morgan fingerprint density at radius 2 is 1.89 bits per heavy atom. The van der Waals surface area contributed by atoms with E-state index in [1.54, 1.807) is 0 Å². The highest BCUT2D eigenvalue weighted by atomic mass is 127. The van der Waals surface area contributed by atoms with Crippen LogP contribution in [0.1, 0.15) is 11.1 Å². The van der Waals surface area contributed by atoms with Crippen LogP contribution in [0, 0.1) is 14.9 Å². The molecule has 0 spiro atoms. The van der Waals surface area contributed by atoms with Gasteiger partial charge in [0.25, 0.3) is 0 Å². The number of hydrogen-bond donors (Lipinski definition) is 0. The van der Waals surface area contributed by atoms with Crippen molar-refractivity contribution in [2.45, 2.75) is 13.0 Å². The summed E-state index contributed by atoms with van der Waals surface area (Å²) in [5, 5.41) is 8.75. The predicted octanol–water partition coefficient (Wildman–Crippen LogP) is 3.94. The lowest BCUT2D eigenvalue weighted by Gasteiger charge is -2.08. The maximum atomic E-state index is 8.75. The van der Waals surface area contributed by atoms with Crippen LogP contribution in [0.3, 0.4) is 0 Å². The molecule has 0 amide bonds. The Hall–Kier alpha value is -1.54. The van der Waals surface area contributed by atoms with E-state index in [1.807, 2.05) is 48.5 Å². The monoisotopic (exact) mass is 349 g/mol. The Labute approximate surface area is 120 Å². The summed E-state index contributed by atoms with van der Waals surface area (Å²) in [5.41, 5.74) is 2.15.